The standard InChI is InChI=1S/C19H15Cl2NO2.C4H10O.C2H2.CH4O/c1-11-3-5-13-15(9-11)19(24)22(2)17(7-8-23)18(13)14-6-4-12(20)10-16(14)21;1-4(2,3)5;2*1-2/h3-6,8-10H,7H2,1-2H3;5H,1-3H3;1-2H;2H,1H3. The second-order valence-corrected chi connectivity index (χ2v) is 8.74. The molecule has 178 valence electrons. The van der Waals surface area contributed by atoms with Gasteiger partial charge < -0.3 is 19.6 Å². The minimum absolute atomic E-state index is 0.126. The van der Waals surface area contributed by atoms with Crippen LogP contribution in [-0.2, 0) is 18.3 Å². The van der Waals surface area contributed by atoms with E-state index in [1.54, 1.807) is 40.0 Å². The van der Waals surface area contributed by atoms with Gasteiger partial charge in [0.2, 0.25) is 0 Å². The van der Waals surface area contributed by atoms with Crippen molar-refractivity contribution in [1.29, 1.82) is 0 Å². The van der Waals surface area contributed by atoms with Crippen LogP contribution in [0.15, 0.2) is 41.2 Å². The van der Waals surface area contributed by atoms with Crippen LogP contribution in [0.2, 0.25) is 10.0 Å². The van der Waals surface area contributed by atoms with E-state index in [1.165, 1.54) is 4.57 Å². The van der Waals surface area contributed by atoms with E-state index >= 15 is 0 Å². The molecule has 1 aromatic heterocycles. The number of aryl methyl sites for hydroxylation is 1. The van der Waals surface area contributed by atoms with Gasteiger partial charge in [-0.25, -0.2) is 0 Å². The van der Waals surface area contributed by atoms with Gasteiger partial charge in [0.25, 0.3) is 5.56 Å². The number of rotatable bonds is 3. The lowest BCUT2D eigenvalue weighted by molar-refractivity contribution is -0.107. The molecular weight excluding hydrogens is 461 g/mol. The Labute approximate surface area is 205 Å². The van der Waals surface area contributed by atoms with E-state index in [-0.39, 0.29) is 12.0 Å². The van der Waals surface area contributed by atoms with E-state index < -0.39 is 5.60 Å². The fourth-order valence-corrected chi connectivity index (χ4v) is 3.49. The van der Waals surface area contributed by atoms with Gasteiger partial charge in [-0.1, -0.05) is 47.0 Å². The Bertz CT molecular complexity index is 1150. The fourth-order valence-electron chi connectivity index (χ4n) is 2.99. The smallest absolute Gasteiger partial charge is 0.258 e. The summed E-state index contributed by atoms with van der Waals surface area (Å²) in [6.07, 6.45) is 8.92. The number of terminal acetylenes is 1. The molecule has 3 aromatic rings. The van der Waals surface area contributed by atoms with Crippen LogP contribution < -0.4 is 5.56 Å². The first kappa shape index (κ1) is 30.4. The van der Waals surface area contributed by atoms with Gasteiger partial charge in [0.15, 0.2) is 0 Å². The van der Waals surface area contributed by atoms with E-state index in [0.29, 0.717) is 21.1 Å². The zero-order valence-electron chi connectivity index (χ0n) is 19.8. The predicted octanol–water partition coefficient (Wildman–Crippen LogP) is 5.20. The molecule has 0 spiro atoms. The fraction of sp³-hybridized carbons (Fsp3) is 0.308. The number of carbonyl (C=O) groups excluding carboxylic acids is 1. The Morgan fingerprint density at radius 2 is 1.58 bits per heavy atom. The van der Waals surface area contributed by atoms with E-state index in [1.807, 2.05) is 31.2 Å². The zero-order chi connectivity index (χ0) is 25.9. The molecule has 7 heteroatoms. The number of aliphatic hydroxyl groups excluding tert-OH is 1. The topological polar surface area (TPSA) is 79.5 Å². The van der Waals surface area contributed by atoms with E-state index in [9.17, 15) is 9.59 Å². The second-order valence-electron chi connectivity index (χ2n) is 7.90. The van der Waals surface area contributed by atoms with Gasteiger partial charge in [0, 0.05) is 52.8 Å². The highest BCUT2D eigenvalue weighted by molar-refractivity contribution is 6.36. The lowest BCUT2D eigenvalue weighted by Crippen LogP contribution is -2.22. The molecule has 0 aliphatic carbocycles. The van der Waals surface area contributed by atoms with Gasteiger partial charge >= 0.3 is 0 Å². The maximum Gasteiger partial charge on any atom is 0.258 e. The van der Waals surface area contributed by atoms with Crippen molar-refractivity contribution in [2.24, 2.45) is 7.05 Å². The summed E-state index contributed by atoms with van der Waals surface area (Å²) in [5.74, 6) is 0. The Kier molecular flexibility index (Phi) is 12.7. The van der Waals surface area contributed by atoms with Gasteiger partial charge in [0.05, 0.1) is 5.60 Å². The number of fused-ring (bicyclic) bond motifs is 1. The first-order valence-electron chi connectivity index (χ1n) is 9.95. The van der Waals surface area contributed by atoms with Gasteiger partial charge in [-0.3, -0.25) is 4.79 Å². The van der Waals surface area contributed by atoms with Crippen LogP contribution in [0.5, 0.6) is 0 Å². The van der Waals surface area contributed by atoms with Crippen molar-refractivity contribution in [3.8, 4) is 24.0 Å². The molecule has 5 nitrogen and oxygen atoms in total. The lowest BCUT2D eigenvalue weighted by Gasteiger charge is -2.17. The maximum atomic E-state index is 12.7. The maximum absolute atomic E-state index is 12.7. The molecule has 0 unspecified atom stereocenters. The minimum atomic E-state index is -0.500. The highest BCUT2D eigenvalue weighted by atomic mass is 35.5. The number of aldehydes is 1. The van der Waals surface area contributed by atoms with Crippen LogP contribution in [0.25, 0.3) is 21.9 Å². The first-order chi connectivity index (χ1) is 15.4. The number of pyridine rings is 1. The van der Waals surface area contributed by atoms with Crippen molar-refractivity contribution in [2.75, 3.05) is 7.11 Å². The second kappa shape index (κ2) is 13.8. The highest BCUT2D eigenvalue weighted by Crippen LogP contribution is 2.36. The summed E-state index contributed by atoms with van der Waals surface area (Å²) >= 11 is 12.4. The van der Waals surface area contributed by atoms with Crippen molar-refractivity contribution in [3.05, 3.63) is 68.1 Å². The lowest BCUT2D eigenvalue weighted by atomic mass is 9.95. The SMILES string of the molecule is C#C.CC(C)(C)O.CO.Cc1ccc2c(-c3ccc(Cl)cc3Cl)c(CC=O)n(C)c(=O)c2c1. The number of hydrogen-bond acceptors (Lipinski definition) is 4. The van der Waals surface area contributed by atoms with Crippen LogP contribution >= 0.6 is 23.2 Å². The number of aromatic nitrogens is 1. The summed E-state index contributed by atoms with van der Waals surface area (Å²) in [6.45, 7) is 7.17. The molecule has 2 N–H and O–H groups in total. The predicted molar refractivity (Wildman–Crippen MR) is 139 cm³/mol. The summed E-state index contributed by atoms with van der Waals surface area (Å²) in [5, 5.41) is 17.9. The molecule has 0 atom stereocenters. The molecule has 2 aromatic carbocycles. The molecular formula is C26H31Cl2NO4. The average molecular weight is 492 g/mol. The highest BCUT2D eigenvalue weighted by Gasteiger charge is 2.18. The Hall–Kier alpha value is -2.62. The molecule has 33 heavy (non-hydrogen) atoms. The summed E-state index contributed by atoms with van der Waals surface area (Å²) in [4.78, 5) is 23.9. The third kappa shape index (κ3) is 8.68. The summed E-state index contributed by atoms with van der Waals surface area (Å²) in [6, 6.07) is 10.9. The molecule has 3 rings (SSSR count). The molecule has 0 amide bonds. The minimum Gasteiger partial charge on any atom is -0.400 e. The van der Waals surface area contributed by atoms with Gasteiger partial charge in [0.1, 0.15) is 6.29 Å². The van der Waals surface area contributed by atoms with Crippen molar-refractivity contribution < 1.29 is 15.0 Å². The third-order valence-corrected chi connectivity index (χ3v) is 4.70. The van der Waals surface area contributed by atoms with E-state index in [2.05, 4.69) is 12.8 Å². The third-order valence-electron chi connectivity index (χ3n) is 4.15. The van der Waals surface area contributed by atoms with E-state index in [4.69, 9.17) is 33.4 Å². The molecule has 0 aliphatic heterocycles. The van der Waals surface area contributed by atoms with Crippen molar-refractivity contribution in [2.45, 2.75) is 39.7 Å². The molecule has 0 saturated heterocycles. The molecule has 0 bridgehead atoms. The molecule has 0 fully saturated rings. The molecule has 0 saturated carbocycles. The molecule has 0 radical (unpaired) electrons. The van der Waals surface area contributed by atoms with Crippen LogP contribution in [0.3, 0.4) is 0 Å². The summed E-state index contributed by atoms with van der Waals surface area (Å²) < 4.78 is 1.52. The van der Waals surface area contributed by atoms with Crippen molar-refractivity contribution >= 4 is 40.3 Å². The van der Waals surface area contributed by atoms with Crippen LogP contribution in [0.1, 0.15) is 32.0 Å². The summed E-state index contributed by atoms with van der Waals surface area (Å²) in [5.41, 5.74) is 2.55. The summed E-state index contributed by atoms with van der Waals surface area (Å²) in [7, 11) is 2.68. The van der Waals surface area contributed by atoms with E-state index in [0.717, 1.165) is 35.5 Å². The monoisotopic (exact) mass is 491 g/mol. The Morgan fingerprint density at radius 1 is 1.03 bits per heavy atom. The largest absolute Gasteiger partial charge is 0.400 e. The van der Waals surface area contributed by atoms with Gasteiger partial charge in [-0.2, -0.15) is 0 Å². The van der Waals surface area contributed by atoms with Crippen molar-refractivity contribution in [3.63, 3.8) is 0 Å². The normalized spacial score (nSPS) is 10.1. The Balaban J connectivity index is 0.000000991. The van der Waals surface area contributed by atoms with Gasteiger partial charge in [-0.05, 0) is 51.3 Å². The van der Waals surface area contributed by atoms with Crippen LogP contribution in [0, 0.1) is 19.8 Å². The average Bonchev–Trinajstić information content (AvgIpc) is 2.75. The van der Waals surface area contributed by atoms with Crippen molar-refractivity contribution in [1.82, 2.24) is 4.57 Å². The zero-order valence-corrected chi connectivity index (χ0v) is 21.3. The number of nitrogens with zero attached hydrogens (tertiary/aromatic N) is 1. The molecule has 1 heterocycles. The quantitative estimate of drug-likeness (QED) is 0.389. The number of benzene rings is 2. The number of aliphatic hydroxyl groups is 2. The van der Waals surface area contributed by atoms with Crippen LogP contribution in [-0.4, -0.2) is 33.8 Å². The number of hydrogen-bond donors (Lipinski definition) is 2. The number of carbonyl (C=O) groups is 1. The Morgan fingerprint density at radius 3 is 2.06 bits per heavy atom. The number of halogens is 2. The molecule has 0 aliphatic rings. The van der Waals surface area contributed by atoms with Crippen LogP contribution in [0.4, 0.5) is 0 Å². The van der Waals surface area contributed by atoms with Gasteiger partial charge in [-0.15, -0.1) is 12.8 Å². The first-order valence-corrected chi connectivity index (χ1v) is 10.7.